The van der Waals surface area contributed by atoms with E-state index in [9.17, 15) is 0 Å². The van der Waals surface area contributed by atoms with E-state index in [0.717, 1.165) is 18.4 Å². The van der Waals surface area contributed by atoms with E-state index in [1.807, 2.05) is 0 Å². The molecule has 2 rings (SSSR count). The Kier molecular flexibility index (Phi) is 2.90. The SMILES string of the molecule is C#CCN1CCC2CCCCC2C1. The molecule has 72 valence electrons. The molecule has 1 saturated heterocycles. The third-order valence-electron chi connectivity index (χ3n) is 3.69. The van der Waals surface area contributed by atoms with Crippen molar-refractivity contribution in [2.24, 2.45) is 11.8 Å². The monoisotopic (exact) mass is 177 g/mol. The molecule has 0 aromatic carbocycles. The van der Waals surface area contributed by atoms with Gasteiger partial charge in [-0.3, -0.25) is 4.90 Å². The molecule has 0 aromatic rings. The van der Waals surface area contributed by atoms with E-state index < -0.39 is 0 Å². The van der Waals surface area contributed by atoms with Crippen LogP contribution in [0.5, 0.6) is 0 Å². The maximum atomic E-state index is 5.34. The number of terminal acetylenes is 1. The van der Waals surface area contributed by atoms with E-state index in [1.165, 1.54) is 45.2 Å². The van der Waals surface area contributed by atoms with Gasteiger partial charge in [0.25, 0.3) is 0 Å². The van der Waals surface area contributed by atoms with E-state index >= 15 is 0 Å². The molecule has 2 atom stereocenters. The maximum Gasteiger partial charge on any atom is 0.0599 e. The largest absolute Gasteiger partial charge is 0.292 e. The van der Waals surface area contributed by atoms with Crippen LogP contribution in [0.2, 0.25) is 0 Å². The van der Waals surface area contributed by atoms with Gasteiger partial charge in [0.2, 0.25) is 0 Å². The molecular formula is C12H19N. The lowest BCUT2D eigenvalue weighted by molar-refractivity contribution is 0.0965. The standard InChI is InChI=1S/C12H19N/c1-2-8-13-9-7-11-5-3-4-6-12(11)10-13/h1,11-12H,3-10H2. The predicted molar refractivity (Wildman–Crippen MR) is 55.3 cm³/mol. The van der Waals surface area contributed by atoms with Crippen molar-refractivity contribution in [2.75, 3.05) is 19.6 Å². The maximum absolute atomic E-state index is 5.34. The fourth-order valence-corrected chi connectivity index (χ4v) is 2.95. The van der Waals surface area contributed by atoms with Gasteiger partial charge in [0, 0.05) is 6.54 Å². The minimum atomic E-state index is 0.864. The molecule has 2 unspecified atom stereocenters. The number of hydrogen-bond acceptors (Lipinski definition) is 1. The van der Waals surface area contributed by atoms with Crippen molar-refractivity contribution in [3.63, 3.8) is 0 Å². The lowest BCUT2D eigenvalue weighted by atomic mass is 9.75. The average Bonchev–Trinajstić information content (AvgIpc) is 2.18. The van der Waals surface area contributed by atoms with Crippen LogP contribution in [0.15, 0.2) is 0 Å². The zero-order chi connectivity index (χ0) is 9.10. The normalized spacial score (nSPS) is 35.0. The fraction of sp³-hybridized carbons (Fsp3) is 0.833. The first-order valence-electron chi connectivity index (χ1n) is 5.56. The molecule has 2 aliphatic rings. The second-order valence-electron chi connectivity index (χ2n) is 4.53. The van der Waals surface area contributed by atoms with E-state index in [2.05, 4.69) is 10.8 Å². The van der Waals surface area contributed by atoms with Crippen LogP contribution in [-0.4, -0.2) is 24.5 Å². The Bertz CT molecular complexity index is 204. The number of hydrogen-bond donors (Lipinski definition) is 0. The Balaban J connectivity index is 1.88. The number of nitrogens with zero attached hydrogens (tertiary/aromatic N) is 1. The van der Waals surface area contributed by atoms with Gasteiger partial charge < -0.3 is 0 Å². The van der Waals surface area contributed by atoms with Gasteiger partial charge in [-0.1, -0.05) is 25.2 Å². The molecule has 1 nitrogen and oxygen atoms in total. The van der Waals surface area contributed by atoms with Gasteiger partial charge in [-0.2, -0.15) is 0 Å². The van der Waals surface area contributed by atoms with Crippen LogP contribution in [0.25, 0.3) is 0 Å². The van der Waals surface area contributed by atoms with Crippen molar-refractivity contribution in [1.29, 1.82) is 0 Å². The lowest BCUT2D eigenvalue weighted by Gasteiger charge is -2.40. The Morgan fingerprint density at radius 1 is 1.15 bits per heavy atom. The number of fused-ring (bicyclic) bond motifs is 1. The lowest BCUT2D eigenvalue weighted by Crippen LogP contribution is -2.41. The minimum absolute atomic E-state index is 0.864. The number of rotatable bonds is 1. The highest BCUT2D eigenvalue weighted by molar-refractivity contribution is 4.92. The molecule has 1 heterocycles. The number of likely N-dealkylation sites (tertiary alicyclic amines) is 1. The molecular weight excluding hydrogens is 158 g/mol. The van der Waals surface area contributed by atoms with Crippen LogP contribution >= 0.6 is 0 Å². The van der Waals surface area contributed by atoms with Crippen LogP contribution in [0.1, 0.15) is 32.1 Å². The second-order valence-corrected chi connectivity index (χ2v) is 4.53. The average molecular weight is 177 g/mol. The van der Waals surface area contributed by atoms with Crippen molar-refractivity contribution in [3.8, 4) is 12.3 Å². The Hall–Kier alpha value is -0.480. The third kappa shape index (κ3) is 2.06. The molecule has 0 spiro atoms. The van der Waals surface area contributed by atoms with Crippen LogP contribution in [0.4, 0.5) is 0 Å². The summed E-state index contributed by atoms with van der Waals surface area (Å²) in [5, 5.41) is 0. The van der Waals surface area contributed by atoms with Gasteiger partial charge in [0.1, 0.15) is 0 Å². The smallest absolute Gasteiger partial charge is 0.0599 e. The van der Waals surface area contributed by atoms with Crippen LogP contribution < -0.4 is 0 Å². The Labute approximate surface area is 81.5 Å². The molecule has 2 fully saturated rings. The summed E-state index contributed by atoms with van der Waals surface area (Å²) >= 11 is 0. The number of piperidine rings is 1. The Morgan fingerprint density at radius 3 is 2.69 bits per heavy atom. The summed E-state index contributed by atoms with van der Waals surface area (Å²) in [4.78, 5) is 2.45. The van der Waals surface area contributed by atoms with E-state index in [4.69, 9.17) is 6.42 Å². The van der Waals surface area contributed by atoms with E-state index in [1.54, 1.807) is 0 Å². The molecule has 0 N–H and O–H groups in total. The van der Waals surface area contributed by atoms with Crippen LogP contribution in [0.3, 0.4) is 0 Å². The molecule has 1 saturated carbocycles. The Morgan fingerprint density at radius 2 is 1.92 bits per heavy atom. The first-order chi connectivity index (χ1) is 6.40. The second kappa shape index (κ2) is 4.15. The van der Waals surface area contributed by atoms with Crippen LogP contribution in [-0.2, 0) is 0 Å². The summed E-state index contributed by atoms with van der Waals surface area (Å²) in [5.74, 6) is 4.76. The first kappa shape index (κ1) is 9.09. The minimum Gasteiger partial charge on any atom is -0.292 e. The van der Waals surface area contributed by atoms with Gasteiger partial charge in [-0.25, -0.2) is 0 Å². The van der Waals surface area contributed by atoms with Crippen molar-refractivity contribution < 1.29 is 0 Å². The van der Waals surface area contributed by atoms with Crippen molar-refractivity contribution in [2.45, 2.75) is 32.1 Å². The summed E-state index contributed by atoms with van der Waals surface area (Å²) < 4.78 is 0. The highest BCUT2D eigenvalue weighted by atomic mass is 15.1. The van der Waals surface area contributed by atoms with Crippen molar-refractivity contribution in [1.82, 2.24) is 4.90 Å². The predicted octanol–water partition coefficient (Wildman–Crippen LogP) is 2.13. The van der Waals surface area contributed by atoms with Crippen LogP contribution in [0, 0.1) is 24.2 Å². The third-order valence-corrected chi connectivity index (χ3v) is 3.69. The first-order valence-corrected chi connectivity index (χ1v) is 5.56. The summed E-state index contributed by atoms with van der Waals surface area (Å²) in [6, 6.07) is 0. The highest BCUT2D eigenvalue weighted by Crippen LogP contribution is 2.35. The molecule has 0 amide bonds. The zero-order valence-electron chi connectivity index (χ0n) is 8.34. The zero-order valence-corrected chi connectivity index (χ0v) is 8.34. The summed E-state index contributed by atoms with van der Waals surface area (Å²) in [6.07, 6.45) is 12.6. The van der Waals surface area contributed by atoms with Gasteiger partial charge in [0.15, 0.2) is 0 Å². The van der Waals surface area contributed by atoms with Gasteiger partial charge in [-0.15, -0.1) is 6.42 Å². The fourth-order valence-electron chi connectivity index (χ4n) is 2.95. The molecule has 1 aliphatic carbocycles. The molecule has 0 aromatic heterocycles. The van der Waals surface area contributed by atoms with E-state index in [0.29, 0.717) is 0 Å². The van der Waals surface area contributed by atoms with Gasteiger partial charge in [0.05, 0.1) is 6.54 Å². The quantitative estimate of drug-likeness (QED) is 0.555. The summed E-state index contributed by atoms with van der Waals surface area (Å²) in [5.41, 5.74) is 0. The summed E-state index contributed by atoms with van der Waals surface area (Å²) in [7, 11) is 0. The van der Waals surface area contributed by atoms with Crippen molar-refractivity contribution >= 4 is 0 Å². The molecule has 0 radical (unpaired) electrons. The van der Waals surface area contributed by atoms with Crippen molar-refractivity contribution in [3.05, 3.63) is 0 Å². The molecule has 13 heavy (non-hydrogen) atoms. The highest BCUT2D eigenvalue weighted by Gasteiger charge is 2.30. The molecule has 1 aliphatic heterocycles. The summed E-state index contributed by atoms with van der Waals surface area (Å²) in [6.45, 7) is 3.38. The van der Waals surface area contributed by atoms with E-state index in [-0.39, 0.29) is 0 Å². The topological polar surface area (TPSA) is 3.24 Å². The van der Waals surface area contributed by atoms with Gasteiger partial charge in [-0.05, 0) is 31.2 Å². The molecule has 1 heteroatoms. The van der Waals surface area contributed by atoms with Gasteiger partial charge >= 0.3 is 0 Å². The molecule has 0 bridgehead atoms.